The van der Waals surface area contributed by atoms with Gasteiger partial charge in [-0.1, -0.05) is 12.1 Å². The first-order valence-corrected chi connectivity index (χ1v) is 13.7. The number of amides is 1. The smallest absolute Gasteiger partial charge is 0.381 e. The normalized spacial score (nSPS) is 16.0. The van der Waals surface area contributed by atoms with Gasteiger partial charge in [0.25, 0.3) is 5.91 Å². The molecule has 6 rings (SSSR count). The van der Waals surface area contributed by atoms with Gasteiger partial charge in [-0.2, -0.15) is 4.39 Å². The van der Waals surface area contributed by atoms with Crippen LogP contribution in [0.15, 0.2) is 30.3 Å². The minimum absolute atomic E-state index is 0.0560. The Morgan fingerprint density at radius 1 is 1.23 bits per heavy atom. The molecule has 0 spiro atoms. The van der Waals surface area contributed by atoms with Crippen LogP contribution in [0.1, 0.15) is 42.2 Å². The van der Waals surface area contributed by atoms with E-state index in [-0.39, 0.29) is 18.3 Å². The molecule has 9 nitrogen and oxygen atoms in total. The summed E-state index contributed by atoms with van der Waals surface area (Å²) < 4.78 is 41.6. The number of carbonyl (C=O) groups is 2. The average Bonchev–Trinajstić information content (AvgIpc) is 3.62. The largest absolute Gasteiger partial charge is 0.461 e. The topological polar surface area (TPSA) is 91.5 Å². The van der Waals surface area contributed by atoms with E-state index in [0.29, 0.717) is 72.2 Å². The van der Waals surface area contributed by atoms with Crippen LogP contribution in [0, 0.1) is 5.92 Å². The Morgan fingerprint density at radius 3 is 2.80 bits per heavy atom. The second-order valence-electron chi connectivity index (χ2n) is 10.4. The Hall–Kier alpha value is -4.02. The molecule has 1 aliphatic heterocycles. The lowest BCUT2D eigenvalue weighted by atomic mass is 10.0. The first-order valence-electron chi connectivity index (χ1n) is 13.7. The highest BCUT2D eigenvalue weighted by Gasteiger charge is 2.30. The zero-order valence-corrected chi connectivity index (χ0v) is 22.5. The van der Waals surface area contributed by atoms with Crippen LogP contribution in [0.4, 0.5) is 8.78 Å². The van der Waals surface area contributed by atoms with Gasteiger partial charge in [-0.05, 0) is 50.3 Å². The predicted molar refractivity (Wildman–Crippen MR) is 145 cm³/mol. The molecule has 1 saturated carbocycles. The number of imidazole rings is 1. The molecule has 0 radical (unpaired) electrons. The summed E-state index contributed by atoms with van der Waals surface area (Å²) in [4.78, 5) is 36.4. The number of carbonyl (C=O) groups excluding carboxylic acids is 2. The lowest BCUT2D eigenvalue weighted by Gasteiger charge is -2.27. The Kier molecular flexibility index (Phi) is 6.89. The van der Waals surface area contributed by atoms with Gasteiger partial charge in [-0.25, -0.2) is 14.8 Å². The first kappa shape index (κ1) is 26.2. The van der Waals surface area contributed by atoms with Gasteiger partial charge in [0.05, 0.1) is 35.7 Å². The van der Waals surface area contributed by atoms with Crippen molar-refractivity contribution in [2.75, 3.05) is 26.4 Å². The first-order chi connectivity index (χ1) is 19.4. The van der Waals surface area contributed by atoms with Crippen LogP contribution in [0.3, 0.4) is 0 Å². The zero-order valence-electron chi connectivity index (χ0n) is 22.5. The number of fused-ring (bicyclic) bond motifs is 3. The van der Waals surface area contributed by atoms with E-state index in [0.717, 1.165) is 23.9 Å². The lowest BCUT2D eigenvalue weighted by molar-refractivity contribution is -0.159. The maximum absolute atomic E-state index is 14.6. The SMILES string of the molecule is CCOC(=O)C(F)Oc1cccc2cc(-c3nc4cc5c(nc4n3C)CCN(CCCF)C5=O)n(CC3CC3)c12. The molecule has 0 N–H and O–H groups in total. The molecule has 11 heteroatoms. The van der Waals surface area contributed by atoms with Crippen LogP contribution in [0.25, 0.3) is 33.6 Å². The summed E-state index contributed by atoms with van der Waals surface area (Å²) in [5.41, 5.74) is 3.94. The van der Waals surface area contributed by atoms with E-state index in [9.17, 15) is 18.4 Å². The van der Waals surface area contributed by atoms with E-state index < -0.39 is 19.0 Å². The molecule has 0 bridgehead atoms. The van der Waals surface area contributed by atoms with Crippen LogP contribution >= 0.6 is 0 Å². The Morgan fingerprint density at radius 2 is 2.05 bits per heavy atom. The molecule has 210 valence electrons. The number of aromatic nitrogens is 4. The predicted octanol–water partition coefficient (Wildman–Crippen LogP) is 4.60. The Labute approximate surface area is 229 Å². The van der Waals surface area contributed by atoms with Crippen molar-refractivity contribution in [2.24, 2.45) is 13.0 Å². The molecule has 1 fully saturated rings. The highest BCUT2D eigenvalue weighted by atomic mass is 19.1. The third kappa shape index (κ3) is 4.67. The number of hydrogen-bond acceptors (Lipinski definition) is 6. The quantitative estimate of drug-likeness (QED) is 0.268. The number of para-hydroxylation sites is 1. The summed E-state index contributed by atoms with van der Waals surface area (Å²) in [5.74, 6) is 0.154. The summed E-state index contributed by atoms with van der Waals surface area (Å²) in [6.45, 7) is 2.77. The van der Waals surface area contributed by atoms with Gasteiger partial charge in [0.15, 0.2) is 11.5 Å². The molecular formula is C29H31F2N5O4. The van der Waals surface area contributed by atoms with Gasteiger partial charge in [0, 0.05) is 38.5 Å². The van der Waals surface area contributed by atoms with Crippen molar-refractivity contribution in [3.8, 4) is 17.3 Å². The van der Waals surface area contributed by atoms with E-state index in [4.69, 9.17) is 19.4 Å². The number of nitrogens with zero attached hydrogens (tertiary/aromatic N) is 5. The van der Waals surface area contributed by atoms with Crippen molar-refractivity contribution >= 4 is 33.9 Å². The molecule has 1 atom stereocenters. The molecule has 4 heterocycles. The Balaban J connectivity index is 1.44. The molecule has 1 aromatic carbocycles. The van der Waals surface area contributed by atoms with E-state index in [1.54, 1.807) is 30.0 Å². The molecular weight excluding hydrogens is 520 g/mol. The third-order valence-corrected chi connectivity index (χ3v) is 7.57. The van der Waals surface area contributed by atoms with Gasteiger partial charge < -0.3 is 23.5 Å². The number of alkyl halides is 2. The second kappa shape index (κ2) is 10.5. The van der Waals surface area contributed by atoms with Crippen molar-refractivity contribution in [2.45, 2.75) is 45.5 Å². The van der Waals surface area contributed by atoms with Crippen molar-refractivity contribution in [1.29, 1.82) is 0 Å². The van der Waals surface area contributed by atoms with E-state index in [1.807, 2.05) is 23.7 Å². The number of halogens is 2. The van der Waals surface area contributed by atoms with Crippen molar-refractivity contribution in [1.82, 2.24) is 24.0 Å². The summed E-state index contributed by atoms with van der Waals surface area (Å²) in [6.07, 6.45) is 0.844. The second-order valence-corrected chi connectivity index (χ2v) is 10.4. The number of esters is 1. The minimum Gasteiger partial charge on any atom is -0.461 e. The number of ether oxygens (including phenoxy) is 2. The van der Waals surface area contributed by atoms with Crippen molar-refractivity contribution < 1.29 is 27.8 Å². The molecule has 4 aromatic rings. The van der Waals surface area contributed by atoms with Crippen LogP contribution < -0.4 is 4.74 Å². The van der Waals surface area contributed by atoms with E-state index in [1.165, 1.54) is 0 Å². The van der Waals surface area contributed by atoms with Gasteiger partial charge in [-0.3, -0.25) is 9.18 Å². The summed E-state index contributed by atoms with van der Waals surface area (Å²) in [7, 11) is 1.89. The highest BCUT2D eigenvalue weighted by Crippen LogP contribution is 2.39. The fourth-order valence-corrected chi connectivity index (χ4v) is 5.42. The standard InChI is InChI=1S/C29H31F2N5O4/c1-3-39-29(38)25(31)40-23-7-4-6-18-14-22(36(24(18)23)16-17-8-9-17)27-33-21-15-19-20(32-26(21)34(27)2)10-13-35(28(19)37)12-5-11-30/h4,6-7,14-15,17,25H,3,5,8-13,16H2,1-2H3. The summed E-state index contributed by atoms with van der Waals surface area (Å²) >= 11 is 0. The maximum Gasteiger partial charge on any atom is 0.381 e. The van der Waals surface area contributed by atoms with E-state index >= 15 is 0 Å². The van der Waals surface area contributed by atoms with Crippen molar-refractivity contribution in [3.63, 3.8) is 0 Å². The summed E-state index contributed by atoms with van der Waals surface area (Å²) in [6, 6.07) is 9.07. The number of aryl methyl sites for hydroxylation is 1. The van der Waals surface area contributed by atoms with Crippen LogP contribution in [-0.4, -0.2) is 68.6 Å². The molecule has 40 heavy (non-hydrogen) atoms. The number of rotatable bonds is 10. The summed E-state index contributed by atoms with van der Waals surface area (Å²) in [5, 5.41) is 0.821. The number of pyridine rings is 1. The monoisotopic (exact) mass is 551 g/mol. The van der Waals surface area contributed by atoms with E-state index in [2.05, 4.69) is 4.57 Å². The molecule has 1 amide bonds. The van der Waals surface area contributed by atoms with Crippen molar-refractivity contribution in [3.05, 3.63) is 41.6 Å². The minimum atomic E-state index is -2.24. The lowest BCUT2D eigenvalue weighted by Crippen LogP contribution is -2.38. The number of benzene rings is 1. The van der Waals surface area contributed by atoms with Crippen LogP contribution in [-0.2, 0) is 29.5 Å². The fraction of sp³-hybridized carbons (Fsp3) is 0.448. The van der Waals surface area contributed by atoms with Gasteiger partial charge >= 0.3 is 12.3 Å². The Bertz CT molecular complexity index is 1610. The van der Waals surface area contributed by atoms with Gasteiger partial charge in [0.1, 0.15) is 11.3 Å². The maximum atomic E-state index is 14.6. The highest BCUT2D eigenvalue weighted by molar-refractivity contribution is 5.99. The average molecular weight is 552 g/mol. The number of hydrogen-bond donors (Lipinski definition) is 0. The van der Waals surface area contributed by atoms with Gasteiger partial charge in [0.2, 0.25) is 0 Å². The molecule has 2 aliphatic rings. The van der Waals surface area contributed by atoms with Crippen LogP contribution in [0.5, 0.6) is 5.75 Å². The van der Waals surface area contributed by atoms with Crippen LogP contribution in [0.2, 0.25) is 0 Å². The fourth-order valence-electron chi connectivity index (χ4n) is 5.42. The molecule has 0 saturated heterocycles. The third-order valence-electron chi connectivity index (χ3n) is 7.57. The zero-order chi connectivity index (χ0) is 28.0. The molecule has 3 aromatic heterocycles. The van der Waals surface area contributed by atoms with Gasteiger partial charge in [-0.15, -0.1) is 0 Å². The molecule has 1 aliphatic carbocycles. The molecule has 1 unspecified atom stereocenters.